The van der Waals surface area contributed by atoms with Gasteiger partial charge in [0.05, 0.1) is 7.11 Å². The molecule has 1 aromatic carbocycles. The topological polar surface area (TPSA) is 21.3 Å². The van der Waals surface area contributed by atoms with Gasteiger partial charge in [-0.15, -0.1) is 0 Å². The summed E-state index contributed by atoms with van der Waals surface area (Å²) in [6.07, 6.45) is 5.11. The molecule has 18 heavy (non-hydrogen) atoms. The highest BCUT2D eigenvalue weighted by Gasteiger charge is 2.14. The van der Waals surface area contributed by atoms with Crippen LogP contribution in [-0.4, -0.2) is 20.2 Å². The second-order valence-corrected chi connectivity index (χ2v) is 5.50. The van der Waals surface area contributed by atoms with Gasteiger partial charge in [0, 0.05) is 0 Å². The van der Waals surface area contributed by atoms with Crippen molar-refractivity contribution >= 4 is 0 Å². The lowest BCUT2D eigenvalue weighted by Crippen LogP contribution is -2.29. The first kappa shape index (κ1) is 13.4. The van der Waals surface area contributed by atoms with E-state index in [1.165, 1.54) is 49.0 Å². The van der Waals surface area contributed by atoms with Crippen LogP contribution in [0, 0.1) is 19.8 Å². The van der Waals surface area contributed by atoms with Crippen molar-refractivity contribution < 1.29 is 4.74 Å². The van der Waals surface area contributed by atoms with Crippen LogP contribution in [0.3, 0.4) is 0 Å². The van der Waals surface area contributed by atoms with Gasteiger partial charge in [-0.1, -0.05) is 6.07 Å². The lowest BCUT2D eigenvalue weighted by molar-refractivity contribution is 0.354. The first-order valence-electron chi connectivity index (χ1n) is 7.05. The summed E-state index contributed by atoms with van der Waals surface area (Å²) in [7, 11) is 1.77. The van der Waals surface area contributed by atoms with Crippen LogP contribution < -0.4 is 10.1 Å². The highest BCUT2D eigenvalue weighted by molar-refractivity contribution is 5.41. The molecule has 1 unspecified atom stereocenters. The number of nitrogens with one attached hydrogen (secondary N) is 1. The van der Waals surface area contributed by atoms with Crippen LogP contribution in [0.2, 0.25) is 0 Å². The summed E-state index contributed by atoms with van der Waals surface area (Å²) in [5.41, 5.74) is 4.05. The SMILES string of the molecule is COc1cc(C)c(C)cc1CCC1CCCNC1. The number of ether oxygens (including phenoxy) is 1. The monoisotopic (exact) mass is 247 g/mol. The summed E-state index contributed by atoms with van der Waals surface area (Å²) in [5, 5.41) is 3.49. The number of aryl methyl sites for hydroxylation is 3. The van der Waals surface area contributed by atoms with Crippen LogP contribution in [0.25, 0.3) is 0 Å². The molecule has 1 aliphatic heterocycles. The van der Waals surface area contributed by atoms with E-state index < -0.39 is 0 Å². The predicted octanol–water partition coefficient (Wildman–Crippen LogP) is 3.24. The Morgan fingerprint density at radius 2 is 2.06 bits per heavy atom. The summed E-state index contributed by atoms with van der Waals surface area (Å²) < 4.78 is 5.51. The van der Waals surface area contributed by atoms with E-state index in [0.29, 0.717) is 0 Å². The second kappa shape index (κ2) is 6.24. The number of benzene rings is 1. The van der Waals surface area contributed by atoms with E-state index in [0.717, 1.165) is 18.1 Å². The molecule has 0 bridgehead atoms. The largest absolute Gasteiger partial charge is 0.496 e. The van der Waals surface area contributed by atoms with Crippen molar-refractivity contribution in [2.45, 2.75) is 39.5 Å². The maximum Gasteiger partial charge on any atom is 0.122 e. The summed E-state index contributed by atoms with van der Waals surface area (Å²) in [6.45, 7) is 6.71. The number of piperidine rings is 1. The van der Waals surface area contributed by atoms with Crippen LogP contribution in [-0.2, 0) is 6.42 Å². The van der Waals surface area contributed by atoms with Crippen LogP contribution in [0.5, 0.6) is 5.75 Å². The molecule has 2 heteroatoms. The molecule has 2 rings (SSSR count). The summed E-state index contributed by atoms with van der Waals surface area (Å²) in [6, 6.07) is 4.47. The molecule has 1 fully saturated rings. The number of methoxy groups -OCH3 is 1. The highest BCUT2D eigenvalue weighted by Crippen LogP contribution is 2.26. The quantitative estimate of drug-likeness (QED) is 0.882. The minimum atomic E-state index is 0.838. The average molecular weight is 247 g/mol. The number of rotatable bonds is 4. The first-order chi connectivity index (χ1) is 8.70. The van der Waals surface area contributed by atoms with Gasteiger partial charge in [-0.05, 0) is 81.3 Å². The van der Waals surface area contributed by atoms with Gasteiger partial charge < -0.3 is 10.1 Å². The molecule has 0 aromatic heterocycles. The maximum atomic E-state index is 5.51. The fourth-order valence-corrected chi connectivity index (χ4v) is 2.76. The summed E-state index contributed by atoms with van der Waals surface area (Å²) in [4.78, 5) is 0. The minimum Gasteiger partial charge on any atom is -0.496 e. The van der Waals surface area contributed by atoms with Gasteiger partial charge in [0.25, 0.3) is 0 Å². The zero-order valence-corrected chi connectivity index (χ0v) is 11.9. The van der Waals surface area contributed by atoms with E-state index in [1.807, 2.05) is 0 Å². The molecule has 1 aliphatic rings. The van der Waals surface area contributed by atoms with E-state index in [-0.39, 0.29) is 0 Å². The van der Waals surface area contributed by atoms with E-state index >= 15 is 0 Å². The minimum absolute atomic E-state index is 0.838. The molecule has 1 heterocycles. The van der Waals surface area contributed by atoms with E-state index in [2.05, 4.69) is 31.3 Å². The Bertz CT molecular complexity index is 394. The maximum absolute atomic E-state index is 5.51. The lowest BCUT2D eigenvalue weighted by Gasteiger charge is -2.23. The van der Waals surface area contributed by atoms with Crippen molar-refractivity contribution in [3.8, 4) is 5.75 Å². The smallest absolute Gasteiger partial charge is 0.122 e. The molecule has 1 saturated heterocycles. The van der Waals surface area contributed by atoms with Gasteiger partial charge in [0.1, 0.15) is 5.75 Å². The molecular weight excluding hydrogens is 222 g/mol. The molecule has 1 atom stereocenters. The Kier molecular flexibility index (Phi) is 4.65. The Hall–Kier alpha value is -1.02. The molecule has 0 spiro atoms. The third-order valence-electron chi connectivity index (χ3n) is 4.12. The molecule has 1 N–H and O–H groups in total. The third kappa shape index (κ3) is 3.26. The molecule has 0 aliphatic carbocycles. The fraction of sp³-hybridized carbons (Fsp3) is 0.625. The van der Waals surface area contributed by atoms with Crippen molar-refractivity contribution in [2.75, 3.05) is 20.2 Å². The summed E-state index contributed by atoms with van der Waals surface area (Å²) >= 11 is 0. The fourth-order valence-electron chi connectivity index (χ4n) is 2.76. The predicted molar refractivity (Wildman–Crippen MR) is 76.4 cm³/mol. The van der Waals surface area contributed by atoms with Gasteiger partial charge in [0.15, 0.2) is 0 Å². The van der Waals surface area contributed by atoms with E-state index in [9.17, 15) is 0 Å². The summed E-state index contributed by atoms with van der Waals surface area (Å²) in [5.74, 6) is 1.90. The lowest BCUT2D eigenvalue weighted by atomic mass is 9.91. The highest BCUT2D eigenvalue weighted by atomic mass is 16.5. The zero-order chi connectivity index (χ0) is 13.0. The van der Waals surface area contributed by atoms with Crippen molar-refractivity contribution in [1.82, 2.24) is 5.32 Å². The Labute approximate surface area is 111 Å². The Morgan fingerprint density at radius 1 is 1.28 bits per heavy atom. The van der Waals surface area contributed by atoms with Crippen LogP contribution in [0.15, 0.2) is 12.1 Å². The molecule has 100 valence electrons. The number of hydrogen-bond acceptors (Lipinski definition) is 2. The third-order valence-corrected chi connectivity index (χ3v) is 4.12. The Balaban J connectivity index is 2.01. The van der Waals surface area contributed by atoms with Crippen molar-refractivity contribution in [3.05, 3.63) is 28.8 Å². The normalized spacial score (nSPS) is 19.8. The van der Waals surface area contributed by atoms with Gasteiger partial charge in [-0.3, -0.25) is 0 Å². The van der Waals surface area contributed by atoms with Gasteiger partial charge in [-0.2, -0.15) is 0 Å². The molecule has 1 aromatic rings. The number of hydrogen-bond donors (Lipinski definition) is 1. The van der Waals surface area contributed by atoms with E-state index in [1.54, 1.807) is 7.11 Å². The zero-order valence-electron chi connectivity index (χ0n) is 11.9. The van der Waals surface area contributed by atoms with Crippen molar-refractivity contribution in [1.29, 1.82) is 0 Å². The second-order valence-electron chi connectivity index (χ2n) is 5.50. The van der Waals surface area contributed by atoms with Crippen LogP contribution >= 0.6 is 0 Å². The van der Waals surface area contributed by atoms with Crippen LogP contribution in [0.1, 0.15) is 36.0 Å². The molecular formula is C16H25NO. The van der Waals surface area contributed by atoms with Gasteiger partial charge in [-0.25, -0.2) is 0 Å². The van der Waals surface area contributed by atoms with Crippen molar-refractivity contribution in [2.24, 2.45) is 5.92 Å². The van der Waals surface area contributed by atoms with Gasteiger partial charge >= 0.3 is 0 Å². The molecule has 0 saturated carbocycles. The van der Waals surface area contributed by atoms with Gasteiger partial charge in [0.2, 0.25) is 0 Å². The van der Waals surface area contributed by atoms with Crippen LogP contribution in [0.4, 0.5) is 0 Å². The Morgan fingerprint density at radius 3 is 2.72 bits per heavy atom. The molecule has 0 amide bonds. The standard InChI is InChI=1S/C16H25NO/c1-12-9-15(16(18-3)10-13(12)2)7-6-14-5-4-8-17-11-14/h9-10,14,17H,4-8,11H2,1-3H3. The first-order valence-corrected chi connectivity index (χ1v) is 7.05. The van der Waals surface area contributed by atoms with E-state index in [4.69, 9.17) is 4.74 Å². The average Bonchev–Trinajstić information content (AvgIpc) is 2.41. The molecule has 0 radical (unpaired) electrons. The van der Waals surface area contributed by atoms with Crippen molar-refractivity contribution in [3.63, 3.8) is 0 Å². The molecule has 2 nitrogen and oxygen atoms in total.